The standard InChI is InChI=1S/C18H21FN2O4S/c1-13(18(22)20-16-6-4-5-14(11-16)12-25-2)21(26(3,23)24)17-9-7-15(19)8-10-17/h4-11,13H,12H2,1-3H3,(H,20,22). The van der Waals surface area contributed by atoms with E-state index in [4.69, 9.17) is 4.74 Å². The van der Waals surface area contributed by atoms with Crippen LogP contribution in [0.3, 0.4) is 0 Å². The number of rotatable bonds is 7. The van der Waals surface area contributed by atoms with Crippen molar-refractivity contribution in [1.29, 1.82) is 0 Å². The third kappa shape index (κ3) is 5.03. The normalized spacial score (nSPS) is 12.5. The highest BCUT2D eigenvalue weighted by atomic mass is 32.2. The van der Waals surface area contributed by atoms with Gasteiger partial charge in [-0.3, -0.25) is 9.10 Å². The molecule has 8 heteroatoms. The first-order chi connectivity index (χ1) is 12.2. The van der Waals surface area contributed by atoms with Crippen LogP contribution in [-0.4, -0.2) is 33.7 Å². The van der Waals surface area contributed by atoms with Crippen LogP contribution in [0.2, 0.25) is 0 Å². The number of nitrogens with zero attached hydrogens (tertiary/aromatic N) is 1. The molecule has 0 saturated heterocycles. The Morgan fingerprint density at radius 1 is 1.23 bits per heavy atom. The maximum absolute atomic E-state index is 13.1. The van der Waals surface area contributed by atoms with Gasteiger partial charge in [-0.1, -0.05) is 12.1 Å². The molecule has 2 aromatic rings. The van der Waals surface area contributed by atoms with Crippen LogP contribution in [0.4, 0.5) is 15.8 Å². The molecule has 0 bridgehead atoms. The molecular weight excluding hydrogens is 359 g/mol. The van der Waals surface area contributed by atoms with Crippen LogP contribution in [0, 0.1) is 5.82 Å². The fourth-order valence-electron chi connectivity index (χ4n) is 2.55. The van der Waals surface area contributed by atoms with E-state index in [1.54, 1.807) is 25.3 Å². The average Bonchev–Trinajstić information content (AvgIpc) is 2.56. The number of hydrogen-bond acceptors (Lipinski definition) is 4. The molecule has 26 heavy (non-hydrogen) atoms. The first kappa shape index (κ1) is 19.9. The third-order valence-electron chi connectivity index (χ3n) is 3.68. The van der Waals surface area contributed by atoms with Crippen molar-refractivity contribution in [3.05, 3.63) is 59.9 Å². The molecule has 1 atom stereocenters. The van der Waals surface area contributed by atoms with Gasteiger partial charge in [0, 0.05) is 12.8 Å². The number of methoxy groups -OCH3 is 1. The van der Waals surface area contributed by atoms with E-state index < -0.39 is 27.8 Å². The van der Waals surface area contributed by atoms with E-state index in [1.807, 2.05) is 6.07 Å². The number of benzene rings is 2. The van der Waals surface area contributed by atoms with Crippen molar-refractivity contribution in [3.63, 3.8) is 0 Å². The average molecular weight is 380 g/mol. The Morgan fingerprint density at radius 3 is 2.46 bits per heavy atom. The Morgan fingerprint density at radius 2 is 1.88 bits per heavy atom. The summed E-state index contributed by atoms with van der Waals surface area (Å²) in [7, 11) is -2.18. The fourth-order valence-corrected chi connectivity index (χ4v) is 3.72. The SMILES string of the molecule is COCc1cccc(NC(=O)C(C)N(c2ccc(F)cc2)S(C)(=O)=O)c1. The molecule has 1 amide bonds. The Kier molecular flexibility index (Phi) is 6.33. The molecule has 0 saturated carbocycles. The summed E-state index contributed by atoms with van der Waals surface area (Å²) in [5, 5.41) is 2.70. The minimum Gasteiger partial charge on any atom is -0.380 e. The zero-order chi connectivity index (χ0) is 19.3. The van der Waals surface area contributed by atoms with Crippen molar-refractivity contribution in [1.82, 2.24) is 0 Å². The lowest BCUT2D eigenvalue weighted by Gasteiger charge is -2.28. The summed E-state index contributed by atoms with van der Waals surface area (Å²) in [6, 6.07) is 11.0. The molecule has 6 nitrogen and oxygen atoms in total. The fraction of sp³-hybridized carbons (Fsp3) is 0.278. The maximum Gasteiger partial charge on any atom is 0.247 e. The summed E-state index contributed by atoms with van der Waals surface area (Å²) in [6.07, 6.45) is 0.999. The van der Waals surface area contributed by atoms with Crippen molar-refractivity contribution < 1.29 is 22.3 Å². The molecule has 0 aromatic heterocycles. The summed E-state index contributed by atoms with van der Waals surface area (Å²) in [6.45, 7) is 1.86. The minimum atomic E-state index is -3.75. The molecule has 0 fully saturated rings. The van der Waals surface area contributed by atoms with Crippen LogP contribution in [0.15, 0.2) is 48.5 Å². The summed E-state index contributed by atoms with van der Waals surface area (Å²) < 4.78 is 43.5. The number of sulfonamides is 1. The van der Waals surface area contributed by atoms with Gasteiger partial charge in [-0.25, -0.2) is 12.8 Å². The monoisotopic (exact) mass is 380 g/mol. The van der Waals surface area contributed by atoms with E-state index >= 15 is 0 Å². The topological polar surface area (TPSA) is 75.7 Å². The van der Waals surface area contributed by atoms with Gasteiger partial charge in [0.2, 0.25) is 15.9 Å². The van der Waals surface area contributed by atoms with Gasteiger partial charge in [0.25, 0.3) is 0 Å². The lowest BCUT2D eigenvalue weighted by Crippen LogP contribution is -2.45. The molecule has 0 spiro atoms. The first-order valence-corrected chi connectivity index (χ1v) is 9.71. The van der Waals surface area contributed by atoms with Crippen LogP contribution in [0.5, 0.6) is 0 Å². The Hall–Kier alpha value is -2.45. The van der Waals surface area contributed by atoms with Gasteiger partial charge < -0.3 is 10.1 Å². The molecule has 140 valence electrons. The molecule has 1 N–H and O–H groups in total. The Balaban J connectivity index is 2.25. The number of ether oxygens (including phenoxy) is 1. The first-order valence-electron chi connectivity index (χ1n) is 7.86. The Bertz CT molecular complexity index is 869. The van der Waals surface area contributed by atoms with Gasteiger partial charge in [-0.05, 0) is 48.9 Å². The van der Waals surface area contributed by atoms with Gasteiger partial charge in [0.1, 0.15) is 11.9 Å². The lowest BCUT2D eigenvalue weighted by molar-refractivity contribution is -0.116. The van der Waals surface area contributed by atoms with Gasteiger partial charge >= 0.3 is 0 Å². The second kappa shape index (κ2) is 8.29. The van der Waals surface area contributed by atoms with Crippen molar-refractivity contribution in [2.45, 2.75) is 19.6 Å². The number of carbonyl (C=O) groups is 1. The highest BCUT2D eigenvalue weighted by Gasteiger charge is 2.29. The molecule has 2 aromatic carbocycles. The Labute approximate surface area is 152 Å². The van der Waals surface area contributed by atoms with E-state index in [2.05, 4.69) is 5.32 Å². The summed E-state index contributed by atoms with van der Waals surface area (Å²) in [4.78, 5) is 12.6. The van der Waals surface area contributed by atoms with Crippen LogP contribution in [-0.2, 0) is 26.2 Å². The quantitative estimate of drug-likeness (QED) is 0.801. The van der Waals surface area contributed by atoms with Crippen LogP contribution in [0.1, 0.15) is 12.5 Å². The second-order valence-electron chi connectivity index (χ2n) is 5.83. The third-order valence-corrected chi connectivity index (χ3v) is 4.92. The number of amides is 1. The number of anilines is 2. The molecule has 0 radical (unpaired) electrons. The minimum absolute atomic E-state index is 0.213. The van der Waals surface area contributed by atoms with E-state index in [0.717, 1.165) is 28.3 Å². The highest BCUT2D eigenvalue weighted by molar-refractivity contribution is 7.92. The molecular formula is C18H21FN2O4S. The predicted molar refractivity (Wildman–Crippen MR) is 99.0 cm³/mol. The zero-order valence-corrected chi connectivity index (χ0v) is 15.6. The number of nitrogens with one attached hydrogen (secondary N) is 1. The largest absolute Gasteiger partial charge is 0.380 e. The molecule has 0 heterocycles. The summed E-state index contributed by atoms with van der Waals surface area (Å²) in [5.41, 5.74) is 1.62. The zero-order valence-electron chi connectivity index (χ0n) is 14.8. The van der Waals surface area contributed by atoms with Crippen LogP contribution < -0.4 is 9.62 Å². The van der Waals surface area contributed by atoms with Gasteiger partial charge in [-0.2, -0.15) is 0 Å². The molecule has 0 aliphatic heterocycles. The van der Waals surface area contributed by atoms with Crippen LogP contribution in [0.25, 0.3) is 0 Å². The van der Waals surface area contributed by atoms with Crippen molar-refractivity contribution in [3.8, 4) is 0 Å². The van der Waals surface area contributed by atoms with E-state index in [-0.39, 0.29) is 5.69 Å². The van der Waals surface area contributed by atoms with Gasteiger partial charge in [0.05, 0.1) is 18.6 Å². The van der Waals surface area contributed by atoms with E-state index in [0.29, 0.717) is 12.3 Å². The number of hydrogen-bond donors (Lipinski definition) is 1. The summed E-state index contributed by atoms with van der Waals surface area (Å²) >= 11 is 0. The van der Waals surface area contributed by atoms with Crippen molar-refractivity contribution in [2.75, 3.05) is 23.0 Å². The highest BCUT2D eigenvalue weighted by Crippen LogP contribution is 2.22. The van der Waals surface area contributed by atoms with E-state index in [1.165, 1.54) is 19.1 Å². The molecule has 2 rings (SSSR count). The number of carbonyl (C=O) groups excluding carboxylic acids is 1. The van der Waals surface area contributed by atoms with Gasteiger partial charge in [-0.15, -0.1) is 0 Å². The molecule has 0 aliphatic carbocycles. The van der Waals surface area contributed by atoms with Crippen LogP contribution >= 0.6 is 0 Å². The van der Waals surface area contributed by atoms with E-state index in [9.17, 15) is 17.6 Å². The van der Waals surface area contributed by atoms with Gasteiger partial charge in [0.15, 0.2) is 0 Å². The predicted octanol–water partition coefficient (Wildman–Crippen LogP) is 2.77. The molecule has 0 aliphatic rings. The summed E-state index contributed by atoms with van der Waals surface area (Å²) in [5.74, 6) is -0.997. The number of halogens is 1. The smallest absolute Gasteiger partial charge is 0.247 e. The van der Waals surface area contributed by atoms with Crippen molar-refractivity contribution in [2.24, 2.45) is 0 Å². The lowest BCUT2D eigenvalue weighted by atomic mass is 10.2. The second-order valence-corrected chi connectivity index (χ2v) is 7.69. The molecule has 1 unspecified atom stereocenters. The van der Waals surface area contributed by atoms with Crippen molar-refractivity contribution >= 4 is 27.3 Å². The maximum atomic E-state index is 13.1.